The van der Waals surface area contributed by atoms with Gasteiger partial charge in [0.25, 0.3) is 0 Å². The molecule has 7 aromatic carbocycles. The highest BCUT2D eigenvalue weighted by Crippen LogP contribution is 2.55. The number of hydrogen-bond donors (Lipinski definition) is 0. The number of carbonyl (C=O) groups is 2. The van der Waals surface area contributed by atoms with Crippen molar-refractivity contribution in [2.24, 2.45) is 0 Å². The summed E-state index contributed by atoms with van der Waals surface area (Å²) in [4.78, 5) is 26.1. The zero-order chi connectivity index (χ0) is 46.0. The second-order valence-electron chi connectivity index (χ2n) is 15.8. The Labute approximate surface area is 392 Å². The van der Waals surface area contributed by atoms with Crippen LogP contribution in [0.15, 0.2) is 201 Å². The van der Waals surface area contributed by atoms with Crippen LogP contribution in [0, 0.1) is 0 Å². The van der Waals surface area contributed by atoms with Crippen LogP contribution in [0.1, 0.15) is 36.8 Å². The number of ether oxygens (including phenoxy) is 4. The Kier molecular flexibility index (Phi) is 17.3. The third-order valence-corrected chi connectivity index (χ3v) is 18.5. The summed E-state index contributed by atoms with van der Waals surface area (Å²) in [5, 5.41) is 6.72. The molecule has 0 bridgehead atoms. The molecule has 0 amide bonds. The summed E-state index contributed by atoms with van der Waals surface area (Å²) in [6.45, 7) is 5.22. The monoisotopic (exact) mass is 911 g/mol. The standard InChI is InChI=1S/C58H57O6P2/c1-45(47-33-36-56(58(43-47)62-3)64-38-20-40-66(52-25-13-6-14-26-52,53-27-15-7-16-28-53)54-29-17-8-18-30-54)41-49(60)44-48(59)34-31-46-32-35-55(57(42-46)61-2)63-37-19-39-65(50-21-9-4-10-22-50)51-23-11-5-12-24-51/h4-18,21-36,42-43H,1,19-20,37-41,44H2,2-3H3/q+1/b34-31+. The topological polar surface area (TPSA) is 71.1 Å². The number of hydrogen-bond acceptors (Lipinski definition) is 6. The first kappa shape index (κ1) is 47.4. The second kappa shape index (κ2) is 24.1. The van der Waals surface area contributed by atoms with Crippen molar-refractivity contribution in [3.8, 4) is 23.0 Å². The minimum Gasteiger partial charge on any atom is -0.493 e. The lowest BCUT2D eigenvalue weighted by atomic mass is 9.99. The van der Waals surface area contributed by atoms with E-state index in [9.17, 15) is 9.59 Å². The van der Waals surface area contributed by atoms with Crippen LogP contribution >= 0.6 is 15.2 Å². The van der Waals surface area contributed by atoms with Crippen molar-refractivity contribution in [1.82, 2.24) is 0 Å². The first-order valence-corrected chi connectivity index (χ1v) is 25.8. The molecule has 0 radical (unpaired) electrons. The Morgan fingerprint density at radius 1 is 0.545 bits per heavy atom. The number of ketones is 2. The molecule has 334 valence electrons. The molecule has 0 aliphatic rings. The van der Waals surface area contributed by atoms with Crippen molar-refractivity contribution in [1.29, 1.82) is 0 Å². The van der Waals surface area contributed by atoms with Gasteiger partial charge in [0.15, 0.2) is 28.8 Å². The molecule has 0 unspecified atom stereocenters. The highest BCUT2D eigenvalue weighted by Gasteiger charge is 2.44. The lowest BCUT2D eigenvalue weighted by Gasteiger charge is -2.27. The van der Waals surface area contributed by atoms with E-state index in [-0.39, 0.29) is 24.4 Å². The zero-order valence-corrected chi connectivity index (χ0v) is 39.5. The molecule has 0 spiro atoms. The van der Waals surface area contributed by atoms with E-state index in [0.29, 0.717) is 41.8 Å². The molecule has 0 aromatic heterocycles. The smallest absolute Gasteiger partial charge is 0.163 e. The third kappa shape index (κ3) is 12.4. The molecule has 0 aliphatic heterocycles. The summed E-state index contributed by atoms with van der Waals surface area (Å²) >= 11 is 0. The van der Waals surface area contributed by atoms with Crippen molar-refractivity contribution in [2.45, 2.75) is 25.7 Å². The number of carbonyl (C=O) groups excluding carboxylic acids is 2. The minimum absolute atomic E-state index is 0.0334. The van der Waals surface area contributed by atoms with Crippen molar-refractivity contribution in [2.75, 3.05) is 39.8 Å². The van der Waals surface area contributed by atoms with E-state index in [1.165, 1.54) is 32.6 Å². The molecule has 0 saturated carbocycles. The average molecular weight is 912 g/mol. The van der Waals surface area contributed by atoms with Gasteiger partial charge in [-0.15, -0.1) is 0 Å². The van der Waals surface area contributed by atoms with Crippen LogP contribution < -0.4 is 45.5 Å². The predicted octanol–water partition coefficient (Wildman–Crippen LogP) is 11.0. The van der Waals surface area contributed by atoms with Crippen LogP contribution in [0.25, 0.3) is 11.6 Å². The van der Waals surface area contributed by atoms with Gasteiger partial charge < -0.3 is 18.9 Å². The molecule has 0 saturated heterocycles. The van der Waals surface area contributed by atoms with E-state index >= 15 is 0 Å². The first-order valence-electron chi connectivity index (χ1n) is 22.3. The highest BCUT2D eigenvalue weighted by molar-refractivity contribution is 7.95. The highest BCUT2D eigenvalue weighted by atomic mass is 31.2. The van der Waals surface area contributed by atoms with Crippen LogP contribution in [0.5, 0.6) is 23.0 Å². The van der Waals surface area contributed by atoms with Crippen molar-refractivity contribution >= 4 is 64.9 Å². The number of rotatable bonds is 24. The normalized spacial score (nSPS) is 11.3. The largest absolute Gasteiger partial charge is 0.493 e. The van der Waals surface area contributed by atoms with Gasteiger partial charge in [-0.1, -0.05) is 140 Å². The summed E-state index contributed by atoms with van der Waals surface area (Å²) in [6.07, 6.45) is 6.56. The number of benzene rings is 7. The summed E-state index contributed by atoms with van der Waals surface area (Å²) in [6, 6.07) is 65.0. The Morgan fingerprint density at radius 2 is 1.02 bits per heavy atom. The van der Waals surface area contributed by atoms with Crippen LogP contribution in [0.4, 0.5) is 0 Å². The summed E-state index contributed by atoms with van der Waals surface area (Å²) < 4.78 is 23.9. The molecule has 0 N–H and O–H groups in total. The van der Waals surface area contributed by atoms with E-state index in [1.54, 1.807) is 20.3 Å². The fraction of sp³-hybridized carbons (Fsp3) is 0.172. The zero-order valence-electron chi connectivity index (χ0n) is 37.8. The van der Waals surface area contributed by atoms with Gasteiger partial charge in [0.1, 0.15) is 29.0 Å². The third-order valence-electron chi connectivity index (χ3n) is 11.4. The Morgan fingerprint density at radius 3 is 1.53 bits per heavy atom. The number of Topliss-reactive ketones (excluding diaryl/α,β-unsaturated/α-hetero) is 1. The fourth-order valence-corrected chi connectivity index (χ4v) is 14.8. The van der Waals surface area contributed by atoms with Gasteiger partial charge >= 0.3 is 0 Å². The van der Waals surface area contributed by atoms with Gasteiger partial charge in [0.2, 0.25) is 0 Å². The summed E-state index contributed by atoms with van der Waals surface area (Å²) in [5.41, 5.74) is 2.11. The lowest BCUT2D eigenvalue weighted by Crippen LogP contribution is -2.33. The number of methoxy groups -OCH3 is 2. The Hall–Kier alpha value is -6.58. The molecule has 6 nitrogen and oxygen atoms in total. The van der Waals surface area contributed by atoms with Gasteiger partial charge in [0.05, 0.1) is 40.0 Å². The average Bonchev–Trinajstić information content (AvgIpc) is 3.37. The van der Waals surface area contributed by atoms with Crippen LogP contribution in [-0.2, 0) is 9.59 Å². The van der Waals surface area contributed by atoms with Crippen LogP contribution in [-0.4, -0.2) is 51.3 Å². The van der Waals surface area contributed by atoms with Crippen molar-refractivity contribution in [3.05, 3.63) is 212 Å². The summed E-state index contributed by atoms with van der Waals surface area (Å²) in [5.74, 6) is 1.89. The van der Waals surface area contributed by atoms with E-state index in [1.807, 2.05) is 36.4 Å². The molecular formula is C58H57O6P2+. The summed E-state index contributed by atoms with van der Waals surface area (Å²) in [7, 11) is 0.730. The van der Waals surface area contributed by atoms with Gasteiger partial charge in [-0.3, -0.25) is 9.59 Å². The Balaban J connectivity index is 0.899. The van der Waals surface area contributed by atoms with E-state index in [0.717, 1.165) is 36.3 Å². The van der Waals surface area contributed by atoms with E-state index in [4.69, 9.17) is 18.9 Å². The predicted molar refractivity (Wildman–Crippen MR) is 277 cm³/mol. The fourth-order valence-electron chi connectivity index (χ4n) is 8.15. The van der Waals surface area contributed by atoms with Crippen LogP contribution in [0.2, 0.25) is 0 Å². The molecule has 8 heteroatoms. The maximum absolute atomic E-state index is 13.1. The molecule has 0 heterocycles. The quantitative estimate of drug-likeness (QED) is 0.0260. The SMILES string of the molecule is C=C(CC(=O)CC(=O)/C=C/c1ccc(OCCCP(c2ccccc2)c2ccccc2)c(OC)c1)c1ccc(OCCC[P+](c2ccccc2)(c2ccccc2)c2ccccc2)c(OC)c1. The molecule has 0 fully saturated rings. The maximum atomic E-state index is 13.1. The second-order valence-corrected chi connectivity index (χ2v) is 21.8. The number of allylic oxidation sites excluding steroid dienone is 2. The maximum Gasteiger partial charge on any atom is 0.163 e. The van der Waals surface area contributed by atoms with Gasteiger partial charge in [0, 0.05) is 12.8 Å². The Bertz CT molecular complexity index is 2540. The van der Waals surface area contributed by atoms with Gasteiger partial charge in [-0.05, 0) is 115 Å². The van der Waals surface area contributed by atoms with Gasteiger partial charge in [-0.25, -0.2) is 0 Å². The lowest BCUT2D eigenvalue weighted by molar-refractivity contribution is -0.124. The van der Waals surface area contributed by atoms with Gasteiger partial charge in [-0.2, -0.15) is 0 Å². The molecule has 0 aliphatic carbocycles. The molecule has 0 atom stereocenters. The first-order chi connectivity index (χ1) is 32.4. The van der Waals surface area contributed by atoms with Crippen LogP contribution in [0.3, 0.4) is 0 Å². The van der Waals surface area contributed by atoms with Crippen molar-refractivity contribution < 1.29 is 28.5 Å². The molecule has 7 rings (SSSR count). The van der Waals surface area contributed by atoms with E-state index in [2.05, 4.69) is 158 Å². The van der Waals surface area contributed by atoms with Crippen molar-refractivity contribution in [3.63, 3.8) is 0 Å². The van der Waals surface area contributed by atoms with E-state index < -0.39 is 15.2 Å². The molecule has 66 heavy (non-hydrogen) atoms. The molecule has 7 aromatic rings. The molecular weight excluding hydrogens is 855 g/mol. The minimum atomic E-state index is -1.98.